The number of aromatic nitrogens is 2. The maximum absolute atomic E-state index is 4.19. The molecule has 0 aliphatic carbocycles. The van der Waals surface area contributed by atoms with Gasteiger partial charge in [0.25, 0.3) is 0 Å². The Morgan fingerprint density at radius 1 is 1.50 bits per heavy atom. The van der Waals surface area contributed by atoms with Crippen molar-refractivity contribution in [2.24, 2.45) is 5.41 Å². The van der Waals surface area contributed by atoms with Gasteiger partial charge in [-0.15, -0.1) is 0 Å². The monoisotopic (exact) mass is 195 g/mol. The molecule has 0 spiro atoms. The Bertz CT molecular complexity index is 246. The van der Waals surface area contributed by atoms with Gasteiger partial charge in [0, 0.05) is 18.4 Å². The predicted octanol–water partition coefficient (Wildman–Crippen LogP) is 2.32. The molecule has 3 nitrogen and oxygen atoms in total. The second-order valence-electron chi connectivity index (χ2n) is 4.74. The van der Waals surface area contributed by atoms with Gasteiger partial charge in [0.2, 0.25) is 0 Å². The molecule has 2 N–H and O–H groups in total. The van der Waals surface area contributed by atoms with E-state index < -0.39 is 0 Å². The van der Waals surface area contributed by atoms with Crippen LogP contribution in [0.2, 0.25) is 0 Å². The van der Waals surface area contributed by atoms with Gasteiger partial charge in [0.05, 0.1) is 6.54 Å². The quantitative estimate of drug-likeness (QED) is 0.774. The average molecular weight is 195 g/mol. The van der Waals surface area contributed by atoms with Gasteiger partial charge < -0.3 is 10.3 Å². The molecule has 1 aromatic rings. The predicted molar refractivity (Wildman–Crippen MR) is 59.0 cm³/mol. The zero-order valence-electron chi connectivity index (χ0n) is 9.59. The van der Waals surface area contributed by atoms with Crippen molar-refractivity contribution < 1.29 is 0 Å². The van der Waals surface area contributed by atoms with E-state index in [1.807, 2.05) is 6.20 Å². The van der Waals surface area contributed by atoms with E-state index in [-0.39, 0.29) is 0 Å². The fraction of sp³-hybridized carbons (Fsp3) is 0.727. The molecule has 0 amide bonds. The molecule has 0 aromatic carbocycles. The summed E-state index contributed by atoms with van der Waals surface area (Å²) in [5.41, 5.74) is 0.307. The standard InChI is InChI=1S/C11H21N3/c1-5-9(11(2,3)4)14-8-10-12-6-7-13-10/h6-7,9,14H,5,8H2,1-4H3,(H,12,13). The van der Waals surface area contributed by atoms with Gasteiger partial charge in [-0.05, 0) is 11.8 Å². The summed E-state index contributed by atoms with van der Waals surface area (Å²) in [6.07, 6.45) is 4.79. The first-order valence-corrected chi connectivity index (χ1v) is 5.25. The number of hydrogen-bond donors (Lipinski definition) is 2. The summed E-state index contributed by atoms with van der Waals surface area (Å²) in [4.78, 5) is 7.28. The lowest BCUT2D eigenvalue weighted by Gasteiger charge is -2.30. The Balaban J connectivity index is 2.43. The number of nitrogens with one attached hydrogen (secondary N) is 2. The summed E-state index contributed by atoms with van der Waals surface area (Å²) in [7, 11) is 0. The topological polar surface area (TPSA) is 40.7 Å². The summed E-state index contributed by atoms with van der Waals surface area (Å²) in [6.45, 7) is 9.82. The number of nitrogens with zero attached hydrogens (tertiary/aromatic N) is 1. The molecule has 1 rings (SSSR count). The number of aromatic amines is 1. The van der Waals surface area contributed by atoms with E-state index in [0.29, 0.717) is 11.5 Å². The van der Waals surface area contributed by atoms with Crippen molar-refractivity contribution in [2.75, 3.05) is 0 Å². The summed E-state index contributed by atoms with van der Waals surface area (Å²) in [5, 5.41) is 3.52. The van der Waals surface area contributed by atoms with Crippen LogP contribution < -0.4 is 5.32 Å². The van der Waals surface area contributed by atoms with Crippen LogP contribution in [0, 0.1) is 5.41 Å². The fourth-order valence-corrected chi connectivity index (χ4v) is 1.68. The molecule has 0 saturated heterocycles. The summed E-state index contributed by atoms with van der Waals surface area (Å²) in [6, 6.07) is 0.535. The summed E-state index contributed by atoms with van der Waals surface area (Å²) in [5.74, 6) is 1.01. The normalized spacial score (nSPS) is 14.3. The van der Waals surface area contributed by atoms with E-state index in [4.69, 9.17) is 0 Å². The molecule has 0 saturated carbocycles. The lowest BCUT2D eigenvalue weighted by atomic mass is 9.85. The first-order valence-electron chi connectivity index (χ1n) is 5.25. The third-order valence-electron chi connectivity index (χ3n) is 2.52. The first-order chi connectivity index (χ1) is 6.54. The Hall–Kier alpha value is -0.830. The van der Waals surface area contributed by atoms with E-state index in [2.05, 4.69) is 43.0 Å². The molecule has 0 bridgehead atoms. The van der Waals surface area contributed by atoms with Crippen LogP contribution in [0.5, 0.6) is 0 Å². The molecule has 0 fully saturated rings. The Morgan fingerprint density at radius 3 is 2.64 bits per heavy atom. The van der Waals surface area contributed by atoms with Gasteiger partial charge >= 0.3 is 0 Å². The average Bonchev–Trinajstić information content (AvgIpc) is 2.55. The van der Waals surface area contributed by atoms with Crippen molar-refractivity contribution >= 4 is 0 Å². The van der Waals surface area contributed by atoms with E-state index in [1.165, 1.54) is 0 Å². The van der Waals surface area contributed by atoms with E-state index in [0.717, 1.165) is 18.8 Å². The largest absolute Gasteiger partial charge is 0.348 e. The minimum Gasteiger partial charge on any atom is -0.348 e. The van der Waals surface area contributed by atoms with Crippen LogP contribution in [-0.4, -0.2) is 16.0 Å². The zero-order chi connectivity index (χ0) is 10.6. The highest BCUT2D eigenvalue weighted by Gasteiger charge is 2.22. The van der Waals surface area contributed by atoms with Crippen LogP contribution in [0.15, 0.2) is 12.4 Å². The highest BCUT2D eigenvalue weighted by Crippen LogP contribution is 2.21. The van der Waals surface area contributed by atoms with E-state index in [9.17, 15) is 0 Å². The molecule has 1 aromatic heterocycles. The highest BCUT2D eigenvalue weighted by molar-refractivity contribution is 4.88. The molecule has 1 unspecified atom stereocenters. The van der Waals surface area contributed by atoms with Gasteiger partial charge in [-0.3, -0.25) is 0 Å². The van der Waals surface area contributed by atoms with Crippen LogP contribution in [-0.2, 0) is 6.54 Å². The highest BCUT2D eigenvalue weighted by atomic mass is 15.0. The lowest BCUT2D eigenvalue weighted by molar-refractivity contribution is 0.258. The van der Waals surface area contributed by atoms with Crippen LogP contribution in [0.1, 0.15) is 39.9 Å². The van der Waals surface area contributed by atoms with Crippen molar-refractivity contribution in [1.29, 1.82) is 0 Å². The fourth-order valence-electron chi connectivity index (χ4n) is 1.68. The Morgan fingerprint density at radius 2 is 2.21 bits per heavy atom. The van der Waals surface area contributed by atoms with Crippen LogP contribution in [0.4, 0.5) is 0 Å². The van der Waals surface area contributed by atoms with Crippen molar-refractivity contribution in [1.82, 2.24) is 15.3 Å². The van der Waals surface area contributed by atoms with E-state index >= 15 is 0 Å². The van der Waals surface area contributed by atoms with Crippen LogP contribution in [0.25, 0.3) is 0 Å². The van der Waals surface area contributed by atoms with Gasteiger partial charge in [-0.1, -0.05) is 27.7 Å². The van der Waals surface area contributed by atoms with Crippen LogP contribution >= 0.6 is 0 Å². The smallest absolute Gasteiger partial charge is 0.120 e. The molecule has 3 heteroatoms. The van der Waals surface area contributed by atoms with Crippen molar-refractivity contribution in [2.45, 2.75) is 46.7 Å². The Kier molecular flexibility index (Phi) is 3.69. The summed E-state index contributed by atoms with van der Waals surface area (Å²) < 4.78 is 0. The van der Waals surface area contributed by atoms with Crippen molar-refractivity contribution in [3.05, 3.63) is 18.2 Å². The molecule has 0 radical (unpaired) electrons. The maximum atomic E-state index is 4.19. The molecular weight excluding hydrogens is 174 g/mol. The molecule has 80 valence electrons. The minimum absolute atomic E-state index is 0.307. The maximum Gasteiger partial charge on any atom is 0.120 e. The van der Waals surface area contributed by atoms with Gasteiger partial charge in [-0.25, -0.2) is 4.98 Å². The SMILES string of the molecule is CCC(NCc1ncc[nH]1)C(C)(C)C. The Labute approximate surface area is 86.3 Å². The number of hydrogen-bond acceptors (Lipinski definition) is 2. The number of imidazole rings is 1. The van der Waals surface area contributed by atoms with Gasteiger partial charge in [0.1, 0.15) is 5.82 Å². The summed E-state index contributed by atoms with van der Waals surface area (Å²) >= 11 is 0. The van der Waals surface area contributed by atoms with E-state index in [1.54, 1.807) is 6.20 Å². The first kappa shape index (κ1) is 11.2. The third-order valence-corrected chi connectivity index (χ3v) is 2.52. The second kappa shape index (κ2) is 4.60. The van der Waals surface area contributed by atoms with Gasteiger partial charge in [-0.2, -0.15) is 0 Å². The third kappa shape index (κ3) is 3.14. The zero-order valence-corrected chi connectivity index (χ0v) is 9.59. The van der Waals surface area contributed by atoms with Crippen LogP contribution in [0.3, 0.4) is 0 Å². The lowest BCUT2D eigenvalue weighted by Crippen LogP contribution is -2.39. The molecule has 0 aliphatic rings. The molecule has 1 atom stereocenters. The minimum atomic E-state index is 0.307. The van der Waals surface area contributed by atoms with Crippen molar-refractivity contribution in [3.8, 4) is 0 Å². The number of rotatable bonds is 4. The molecule has 14 heavy (non-hydrogen) atoms. The molecule has 0 aliphatic heterocycles. The second-order valence-corrected chi connectivity index (χ2v) is 4.74. The van der Waals surface area contributed by atoms with Crippen molar-refractivity contribution in [3.63, 3.8) is 0 Å². The molecule has 1 heterocycles. The van der Waals surface area contributed by atoms with Gasteiger partial charge in [0.15, 0.2) is 0 Å². The number of H-pyrrole nitrogens is 1. The molecular formula is C11H21N3.